The van der Waals surface area contributed by atoms with E-state index in [1.54, 1.807) is 42.6 Å². The van der Waals surface area contributed by atoms with Crippen LogP contribution in [0.15, 0.2) is 48.8 Å². The van der Waals surface area contributed by atoms with E-state index in [0.29, 0.717) is 28.2 Å². The molecule has 8 heteroatoms. The zero-order chi connectivity index (χ0) is 23.2. The number of carbonyl (C=O) groups excluding carboxylic acids is 3. The molecular weight excluding hydrogens is 438 g/mol. The summed E-state index contributed by atoms with van der Waals surface area (Å²) < 4.78 is 4.72. The minimum absolute atomic E-state index is 0.215. The van der Waals surface area contributed by atoms with Gasteiger partial charge in [0, 0.05) is 23.8 Å². The fourth-order valence-corrected chi connectivity index (χ4v) is 5.17. The van der Waals surface area contributed by atoms with Crippen LogP contribution in [-0.2, 0) is 24.1 Å². The molecule has 1 aliphatic carbocycles. The SMILES string of the molecule is COC(=O)c1ccc(CNC(=O)c2c(NC(=O)c3cccnc3)sc3c2CCCCC3)cc1. The maximum atomic E-state index is 13.3. The van der Waals surface area contributed by atoms with Crippen molar-refractivity contribution in [1.29, 1.82) is 0 Å². The van der Waals surface area contributed by atoms with E-state index in [0.717, 1.165) is 43.2 Å². The lowest BCUT2D eigenvalue weighted by atomic mass is 10.0. The van der Waals surface area contributed by atoms with Crippen LogP contribution in [0, 0.1) is 0 Å². The summed E-state index contributed by atoms with van der Waals surface area (Å²) in [7, 11) is 1.34. The smallest absolute Gasteiger partial charge is 0.337 e. The van der Waals surface area contributed by atoms with E-state index in [1.165, 1.54) is 29.5 Å². The molecule has 0 saturated carbocycles. The summed E-state index contributed by atoms with van der Waals surface area (Å²) in [6.45, 7) is 0.306. The van der Waals surface area contributed by atoms with Crippen LogP contribution in [-0.4, -0.2) is 29.9 Å². The number of pyridine rings is 1. The maximum absolute atomic E-state index is 13.3. The highest BCUT2D eigenvalue weighted by Crippen LogP contribution is 2.37. The van der Waals surface area contributed by atoms with E-state index in [2.05, 4.69) is 15.6 Å². The maximum Gasteiger partial charge on any atom is 0.337 e. The first kappa shape index (κ1) is 22.7. The van der Waals surface area contributed by atoms with Crippen molar-refractivity contribution in [2.24, 2.45) is 0 Å². The predicted molar refractivity (Wildman–Crippen MR) is 127 cm³/mol. The first-order valence-corrected chi connectivity index (χ1v) is 11.7. The second kappa shape index (κ2) is 10.4. The molecule has 4 rings (SSSR count). The largest absolute Gasteiger partial charge is 0.465 e. The molecule has 0 unspecified atom stereocenters. The Kier molecular flexibility index (Phi) is 7.14. The van der Waals surface area contributed by atoms with Crippen LogP contribution in [0.2, 0.25) is 0 Å². The molecule has 2 aromatic heterocycles. The molecule has 3 aromatic rings. The van der Waals surface area contributed by atoms with Gasteiger partial charge in [-0.3, -0.25) is 14.6 Å². The van der Waals surface area contributed by atoms with Gasteiger partial charge in [0.05, 0.1) is 23.8 Å². The summed E-state index contributed by atoms with van der Waals surface area (Å²) in [4.78, 5) is 42.8. The van der Waals surface area contributed by atoms with Gasteiger partial charge in [-0.05, 0) is 61.1 Å². The Bertz CT molecular complexity index is 1160. The second-order valence-corrected chi connectivity index (χ2v) is 8.94. The van der Waals surface area contributed by atoms with Crippen molar-refractivity contribution in [3.05, 3.63) is 81.5 Å². The molecule has 0 bridgehead atoms. The molecule has 2 amide bonds. The fraction of sp³-hybridized carbons (Fsp3) is 0.280. The Hall–Kier alpha value is -3.52. The lowest BCUT2D eigenvalue weighted by Gasteiger charge is -2.10. The third-order valence-corrected chi connectivity index (χ3v) is 6.83. The number of aryl methyl sites for hydroxylation is 1. The van der Waals surface area contributed by atoms with E-state index >= 15 is 0 Å². The van der Waals surface area contributed by atoms with Crippen LogP contribution >= 0.6 is 11.3 Å². The van der Waals surface area contributed by atoms with Gasteiger partial charge in [-0.1, -0.05) is 18.6 Å². The summed E-state index contributed by atoms with van der Waals surface area (Å²) in [6.07, 6.45) is 8.09. The van der Waals surface area contributed by atoms with Crippen LogP contribution in [0.4, 0.5) is 5.00 Å². The number of ether oxygens (including phenoxy) is 1. The van der Waals surface area contributed by atoms with Crippen LogP contribution in [0.1, 0.15) is 66.3 Å². The van der Waals surface area contributed by atoms with Crippen molar-refractivity contribution in [2.75, 3.05) is 12.4 Å². The first-order chi connectivity index (χ1) is 16.1. The number of hydrogen-bond donors (Lipinski definition) is 2. The summed E-state index contributed by atoms with van der Waals surface area (Å²) in [5.74, 6) is -0.902. The average Bonchev–Trinajstić information content (AvgIpc) is 3.02. The number of amides is 2. The number of hydrogen-bond acceptors (Lipinski definition) is 6. The number of methoxy groups -OCH3 is 1. The Labute approximate surface area is 196 Å². The summed E-state index contributed by atoms with van der Waals surface area (Å²) in [5, 5.41) is 6.49. The third kappa shape index (κ3) is 5.28. The first-order valence-electron chi connectivity index (χ1n) is 10.9. The van der Waals surface area contributed by atoms with Gasteiger partial charge in [-0.25, -0.2) is 4.79 Å². The Balaban J connectivity index is 1.54. The van der Waals surface area contributed by atoms with Crippen LogP contribution in [0.25, 0.3) is 0 Å². The molecule has 1 aromatic carbocycles. The number of anilines is 1. The quantitative estimate of drug-likeness (QED) is 0.418. The minimum Gasteiger partial charge on any atom is -0.465 e. The monoisotopic (exact) mass is 463 g/mol. The number of thiophene rings is 1. The van der Waals surface area contributed by atoms with E-state index in [1.807, 2.05) is 0 Å². The molecule has 2 N–H and O–H groups in total. The van der Waals surface area contributed by atoms with Gasteiger partial charge in [-0.2, -0.15) is 0 Å². The van der Waals surface area contributed by atoms with Crippen molar-refractivity contribution in [2.45, 2.75) is 38.6 Å². The highest BCUT2D eigenvalue weighted by atomic mass is 32.1. The number of esters is 1. The van der Waals surface area contributed by atoms with E-state index in [9.17, 15) is 14.4 Å². The summed E-state index contributed by atoms with van der Waals surface area (Å²) in [5.41, 5.74) is 3.35. The minimum atomic E-state index is -0.402. The molecule has 0 spiro atoms. The van der Waals surface area contributed by atoms with Gasteiger partial charge in [0.1, 0.15) is 5.00 Å². The summed E-state index contributed by atoms with van der Waals surface area (Å²) >= 11 is 1.49. The lowest BCUT2D eigenvalue weighted by Crippen LogP contribution is -2.25. The van der Waals surface area contributed by atoms with Crippen molar-refractivity contribution in [1.82, 2.24) is 10.3 Å². The molecule has 0 fully saturated rings. The Morgan fingerprint density at radius 1 is 1.00 bits per heavy atom. The highest BCUT2D eigenvalue weighted by Gasteiger charge is 2.26. The van der Waals surface area contributed by atoms with Crippen molar-refractivity contribution in [3.8, 4) is 0 Å². The van der Waals surface area contributed by atoms with E-state index in [4.69, 9.17) is 4.74 Å². The molecule has 0 saturated heterocycles. The molecule has 0 radical (unpaired) electrons. The number of aromatic nitrogens is 1. The molecule has 1 aliphatic rings. The lowest BCUT2D eigenvalue weighted by molar-refractivity contribution is 0.0600. The van der Waals surface area contributed by atoms with Crippen LogP contribution < -0.4 is 10.6 Å². The number of nitrogens with zero attached hydrogens (tertiary/aromatic N) is 1. The standard InChI is InChI=1S/C25H25N3O4S/c1-32-25(31)17-11-9-16(10-12-17)14-27-23(30)21-19-7-3-2-4-8-20(19)33-24(21)28-22(29)18-6-5-13-26-15-18/h5-6,9-13,15H,2-4,7-8,14H2,1H3,(H,27,30)(H,28,29). The fourth-order valence-electron chi connectivity index (χ4n) is 3.89. The predicted octanol–water partition coefficient (Wildman–Crippen LogP) is 4.38. The van der Waals surface area contributed by atoms with Gasteiger partial charge < -0.3 is 15.4 Å². The van der Waals surface area contributed by atoms with Crippen molar-refractivity contribution in [3.63, 3.8) is 0 Å². The molecule has 7 nitrogen and oxygen atoms in total. The molecule has 33 heavy (non-hydrogen) atoms. The number of nitrogens with one attached hydrogen (secondary N) is 2. The topological polar surface area (TPSA) is 97.4 Å². The van der Waals surface area contributed by atoms with Crippen LogP contribution in [0.3, 0.4) is 0 Å². The van der Waals surface area contributed by atoms with Gasteiger partial charge in [0.25, 0.3) is 11.8 Å². The van der Waals surface area contributed by atoms with Gasteiger partial charge >= 0.3 is 5.97 Å². The van der Waals surface area contributed by atoms with Gasteiger partial charge in [-0.15, -0.1) is 11.3 Å². The van der Waals surface area contributed by atoms with Crippen molar-refractivity contribution >= 4 is 34.1 Å². The van der Waals surface area contributed by atoms with E-state index in [-0.39, 0.29) is 11.8 Å². The zero-order valence-corrected chi connectivity index (χ0v) is 19.2. The van der Waals surface area contributed by atoms with Crippen LogP contribution in [0.5, 0.6) is 0 Å². The molecule has 170 valence electrons. The number of benzene rings is 1. The molecule has 0 atom stereocenters. The number of fused-ring (bicyclic) bond motifs is 1. The normalized spacial score (nSPS) is 12.9. The van der Waals surface area contributed by atoms with Gasteiger partial charge in [0.2, 0.25) is 0 Å². The highest BCUT2D eigenvalue weighted by molar-refractivity contribution is 7.17. The molecular formula is C25H25N3O4S. The zero-order valence-electron chi connectivity index (χ0n) is 18.3. The van der Waals surface area contributed by atoms with Crippen molar-refractivity contribution < 1.29 is 19.1 Å². The van der Waals surface area contributed by atoms with Gasteiger partial charge in [0.15, 0.2) is 0 Å². The molecule has 2 heterocycles. The number of carbonyl (C=O) groups is 3. The average molecular weight is 464 g/mol. The number of rotatable bonds is 6. The Morgan fingerprint density at radius 3 is 2.52 bits per heavy atom. The third-order valence-electron chi connectivity index (χ3n) is 5.63. The Morgan fingerprint density at radius 2 is 1.79 bits per heavy atom. The molecule has 0 aliphatic heterocycles. The summed E-state index contributed by atoms with van der Waals surface area (Å²) in [6, 6.07) is 10.3. The van der Waals surface area contributed by atoms with E-state index < -0.39 is 5.97 Å². The second-order valence-electron chi connectivity index (χ2n) is 7.84.